The highest BCUT2D eigenvalue weighted by molar-refractivity contribution is 6.36. The van der Waals surface area contributed by atoms with Gasteiger partial charge in [0, 0.05) is 19.3 Å². The van der Waals surface area contributed by atoms with Gasteiger partial charge in [-0.3, -0.25) is 0 Å². The normalized spacial score (nSPS) is 12.9. The number of nitrogens with two attached hydrogens (primary N) is 1. The maximum atomic E-state index is 5.67. The van der Waals surface area contributed by atoms with E-state index in [-0.39, 0.29) is 6.10 Å². The van der Waals surface area contributed by atoms with Gasteiger partial charge < -0.3 is 17.1 Å². The molecule has 0 aliphatic heterocycles. The van der Waals surface area contributed by atoms with Crippen molar-refractivity contribution in [1.29, 1.82) is 0 Å². The van der Waals surface area contributed by atoms with Crippen molar-refractivity contribution in [2.75, 3.05) is 19.8 Å². The predicted octanol–water partition coefficient (Wildman–Crippen LogP) is 1.19. The van der Waals surface area contributed by atoms with Gasteiger partial charge in [0.25, 0.3) is 0 Å². The van der Waals surface area contributed by atoms with Gasteiger partial charge in [0.15, 0.2) is 0 Å². The minimum absolute atomic E-state index is 0.188. The second-order valence-corrected chi connectivity index (χ2v) is 4.59. The van der Waals surface area contributed by atoms with Gasteiger partial charge in [-0.25, -0.2) is 0 Å². The lowest BCUT2D eigenvalue weighted by molar-refractivity contribution is 0.0664. The number of hydrogen-bond donors (Lipinski definition) is 1. The molecular formula is C9H22AlNO3. The van der Waals surface area contributed by atoms with Crippen LogP contribution in [0.2, 0.25) is 0 Å². The van der Waals surface area contributed by atoms with Crippen LogP contribution in [0.1, 0.15) is 33.6 Å². The lowest BCUT2D eigenvalue weighted by Crippen LogP contribution is -2.31. The van der Waals surface area contributed by atoms with E-state index >= 15 is 0 Å². The van der Waals surface area contributed by atoms with E-state index in [1.807, 2.05) is 20.8 Å². The summed E-state index contributed by atoms with van der Waals surface area (Å²) in [6.07, 6.45) is 2.15. The summed E-state index contributed by atoms with van der Waals surface area (Å²) in [6.45, 7) is 7.96. The summed E-state index contributed by atoms with van der Waals surface area (Å²) in [5.41, 5.74) is 5.42. The zero-order valence-corrected chi connectivity index (χ0v) is 10.6. The highest BCUT2D eigenvalue weighted by Crippen LogP contribution is 2.04. The SMILES string of the molecule is CC[O][Al]([O]CC)[O]C(C)CCCN. The molecule has 0 saturated heterocycles. The molecule has 0 fully saturated rings. The van der Waals surface area contributed by atoms with Crippen molar-refractivity contribution < 1.29 is 11.4 Å². The van der Waals surface area contributed by atoms with E-state index in [9.17, 15) is 0 Å². The third-order valence-corrected chi connectivity index (χ3v) is 3.66. The average molecular weight is 219 g/mol. The predicted molar refractivity (Wildman–Crippen MR) is 57.8 cm³/mol. The van der Waals surface area contributed by atoms with Crippen LogP contribution in [0.4, 0.5) is 0 Å². The largest absolute Gasteiger partial charge is 0.905 e. The molecule has 0 rings (SSSR count). The number of rotatable bonds is 9. The minimum Gasteiger partial charge on any atom is -0.455 e. The van der Waals surface area contributed by atoms with E-state index < -0.39 is 15.1 Å². The van der Waals surface area contributed by atoms with Crippen molar-refractivity contribution in [1.82, 2.24) is 0 Å². The minimum atomic E-state index is -1.88. The maximum Gasteiger partial charge on any atom is 0.905 e. The molecule has 84 valence electrons. The van der Waals surface area contributed by atoms with E-state index in [0.717, 1.165) is 12.8 Å². The molecule has 0 saturated carbocycles. The van der Waals surface area contributed by atoms with Crippen LogP contribution in [-0.4, -0.2) is 41.0 Å². The Morgan fingerprint density at radius 3 is 2.21 bits per heavy atom. The van der Waals surface area contributed by atoms with Crippen LogP contribution in [0.5, 0.6) is 0 Å². The quantitative estimate of drug-likeness (QED) is 0.592. The summed E-state index contributed by atoms with van der Waals surface area (Å²) in [5, 5.41) is 0. The first kappa shape index (κ1) is 14.4. The molecule has 4 nitrogen and oxygen atoms in total. The fraction of sp³-hybridized carbons (Fsp3) is 1.00. The smallest absolute Gasteiger partial charge is 0.455 e. The van der Waals surface area contributed by atoms with Crippen molar-refractivity contribution >= 4 is 15.1 Å². The zero-order chi connectivity index (χ0) is 10.8. The fourth-order valence-electron chi connectivity index (χ4n) is 1.06. The fourth-order valence-corrected chi connectivity index (χ4v) is 2.38. The van der Waals surface area contributed by atoms with Gasteiger partial charge in [-0.1, -0.05) is 0 Å². The summed E-state index contributed by atoms with van der Waals surface area (Å²) >= 11 is -1.88. The average Bonchev–Trinajstić information content (AvgIpc) is 2.15. The highest BCUT2D eigenvalue weighted by Gasteiger charge is 2.31. The molecule has 0 radical (unpaired) electrons. The molecule has 0 aromatic heterocycles. The van der Waals surface area contributed by atoms with Crippen molar-refractivity contribution in [3.8, 4) is 0 Å². The topological polar surface area (TPSA) is 53.7 Å². The lowest BCUT2D eigenvalue weighted by atomic mass is 10.2. The van der Waals surface area contributed by atoms with E-state index in [1.165, 1.54) is 0 Å². The number of hydrogen-bond acceptors (Lipinski definition) is 4. The van der Waals surface area contributed by atoms with Crippen LogP contribution in [0.25, 0.3) is 0 Å². The molecule has 0 spiro atoms. The highest BCUT2D eigenvalue weighted by atomic mass is 27.3. The first-order chi connectivity index (χ1) is 6.74. The first-order valence-corrected chi connectivity index (χ1v) is 6.74. The molecular weight excluding hydrogens is 197 g/mol. The van der Waals surface area contributed by atoms with Gasteiger partial charge in [0.1, 0.15) is 0 Å². The third kappa shape index (κ3) is 7.75. The van der Waals surface area contributed by atoms with Gasteiger partial charge in [0.2, 0.25) is 0 Å². The standard InChI is InChI=1S/C5H12NO.2C2H5O.Al/c1-5(7)3-2-4-6;2*1-2-3;/h5H,2-4,6H2,1H3;2*2H2,1H3;/q3*-1;+3. The van der Waals surface area contributed by atoms with Gasteiger partial charge in [0.05, 0.1) is 0 Å². The summed E-state index contributed by atoms with van der Waals surface area (Å²) in [5.74, 6) is 0. The van der Waals surface area contributed by atoms with Gasteiger partial charge in [-0.2, -0.15) is 0 Å². The maximum absolute atomic E-state index is 5.67. The molecule has 0 bridgehead atoms. The molecule has 0 amide bonds. The molecule has 1 atom stereocenters. The molecule has 1 unspecified atom stereocenters. The van der Waals surface area contributed by atoms with E-state index in [1.54, 1.807) is 0 Å². The van der Waals surface area contributed by atoms with E-state index in [0.29, 0.717) is 19.8 Å². The molecule has 0 aliphatic carbocycles. The van der Waals surface area contributed by atoms with Crippen LogP contribution in [-0.2, 0) is 11.4 Å². The molecule has 5 heteroatoms. The Morgan fingerprint density at radius 1 is 1.21 bits per heavy atom. The van der Waals surface area contributed by atoms with E-state index in [2.05, 4.69) is 0 Å². The van der Waals surface area contributed by atoms with Crippen molar-refractivity contribution in [2.45, 2.75) is 39.7 Å². The van der Waals surface area contributed by atoms with E-state index in [4.69, 9.17) is 17.1 Å². The Bertz CT molecular complexity index is 121. The Balaban J connectivity index is 3.64. The van der Waals surface area contributed by atoms with Crippen LogP contribution in [0.15, 0.2) is 0 Å². The Morgan fingerprint density at radius 2 is 1.79 bits per heavy atom. The van der Waals surface area contributed by atoms with Gasteiger partial charge in [-0.05, 0) is 40.2 Å². The second-order valence-electron chi connectivity index (χ2n) is 3.08. The van der Waals surface area contributed by atoms with Crippen molar-refractivity contribution in [3.05, 3.63) is 0 Å². The molecule has 0 aliphatic rings. The monoisotopic (exact) mass is 219 g/mol. The first-order valence-electron chi connectivity index (χ1n) is 5.33. The molecule has 0 heterocycles. The Kier molecular flexibility index (Phi) is 10.2. The van der Waals surface area contributed by atoms with Crippen molar-refractivity contribution in [2.24, 2.45) is 5.73 Å². The summed E-state index contributed by atoms with van der Waals surface area (Å²) in [7, 11) is 0. The second kappa shape index (κ2) is 9.91. The molecule has 2 N–H and O–H groups in total. The zero-order valence-electron chi connectivity index (χ0n) is 9.49. The molecule has 0 aromatic carbocycles. The lowest BCUT2D eigenvalue weighted by Gasteiger charge is -2.17. The van der Waals surface area contributed by atoms with Crippen LogP contribution in [0.3, 0.4) is 0 Å². The van der Waals surface area contributed by atoms with Crippen LogP contribution in [0, 0.1) is 0 Å². The third-order valence-electron chi connectivity index (χ3n) is 1.76. The Labute approximate surface area is 92.1 Å². The van der Waals surface area contributed by atoms with Gasteiger partial charge in [-0.15, -0.1) is 0 Å². The Hall–Kier alpha value is 0.372. The molecule has 0 aromatic rings. The van der Waals surface area contributed by atoms with Crippen LogP contribution >= 0.6 is 0 Å². The summed E-state index contributed by atoms with van der Waals surface area (Å²) < 4.78 is 16.5. The van der Waals surface area contributed by atoms with Gasteiger partial charge >= 0.3 is 15.1 Å². The summed E-state index contributed by atoms with van der Waals surface area (Å²) in [4.78, 5) is 0. The van der Waals surface area contributed by atoms with Crippen LogP contribution < -0.4 is 5.73 Å². The molecule has 14 heavy (non-hydrogen) atoms. The summed E-state index contributed by atoms with van der Waals surface area (Å²) in [6, 6.07) is 0. The van der Waals surface area contributed by atoms with Crippen molar-refractivity contribution in [3.63, 3.8) is 0 Å².